The highest BCUT2D eigenvalue weighted by atomic mass is 16.1. The zero-order chi connectivity index (χ0) is 15.5. The lowest BCUT2D eigenvalue weighted by atomic mass is 10.1. The number of hydrogen-bond donors (Lipinski definition) is 2. The van der Waals surface area contributed by atoms with E-state index in [4.69, 9.17) is 11.5 Å². The molecule has 3 aromatic rings. The Morgan fingerprint density at radius 1 is 1.05 bits per heavy atom. The largest absolute Gasteiger partial charge is 0.366 e. The first-order chi connectivity index (χ1) is 10.7. The fourth-order valence-electron chi connectivity index (χ4n) is 2.28. The minimum Gasteiger partial charge on any atom is -0.366 e. The lowest BCUT2D eigenvalue weighted by Gasteiger charge is -2.08. The topological polar surface area (TPSA) is 99.8 Å². The number of nitrogens with zero attached hydrogens (tertiary/aromatic N) is 3. The van der Waals surface area contributed by atoms with Crippen LogP contribution in [0.2, 0.25) is 0 Å². The zero-order valence-electron chi connectivity index (χ0n) is 11.8. The molecule has 1 amide bonds. The summed E-state index contributed by atoms with van der Waals surface area (Å²) in [4.78, 5) is 11.2. The number of amides is 1. The Bertz CT molecular complexity index is 793. The van der Waals surface area contributed by atoms with Crippen molar-refractivity contribution in [3.63, 3.8) is 0 Å². The normalized spacial score (nSPS) is 10.6. The number of aromatic nitrogens is 3. The number of nitrogens with two attached hydrogens (primary N) is 2. The van der Waals surface area contributed by atoms with Crippen LogP contribution in [0, 0.1) is 0 Å². The first kappa shape index (κ1) is 14.0. The number of primary amides is 1. The van der Waals surface area contributed by atoms with Crippen molar-refractivity contribution in [2.75, 3.05) is 0 Å². The van der Waals surface area contributed by atoms with E-state index in [1.54, 1.807) is 28.9 Å². The number of hydrogen-bond acceptors (Lipinski definition) is 4. The van der Waals surface area contributed by atoms with Crippen LogP contribution < -0.4 is 11.5 Å². The molecule has 0 aliphatic rings. The second-order valence-electron chi connectivity index (χ2n) is 4.78. The Kier molecular flexibility index (Phi) is 3.67. The molecule has 6 nitrogen and oxygen atoms in total. The summed E-state index contributed by atoms with van der Waals surface area (Å²) >= 11 is 0. The van der Waals surface area contributed by atoms with Gasteiger partial charge in [-0.3, -0.25) is 4.79 Å². The van der Waals surface area contributed by atoms with Gasteiger partial charge in [0.15, 0.2) is 0 Å². The van der Waals surface area contributed by atoms with E-state index >= 15 is 0 Å². The van der Waals surface area contributed by atoms with Gasteiger partial charge in [0, 0.05) is 17.7 Å². The quantitative estimate of drug-likeness (QED) is 0.761. The number of carbonyl (C=O) groups is 1. The standard InChI is InChI=1S/C16H15N5O/c17-10-14-15(11-4-2-1-3-5-11)21(20-19-14)13-8-6-12(7-9-13)16(18)22/h1-9H,10,17H2,(H2,18,22). The Labute approximate surface area is 127 Å². The van der Waals surface area contributed by atoms with Crippen molar-refractivity contribution in [2.24, 2.45) is 11.5 Å². The van der Waals surface area contributed by atoms with Gasteiger partial charge in [-0.05, 0) is 24.3 Å². The van der Waals surface area contributed by atoms with Crippen LogP contribution in [-0.4, -0.2) is 20.9 Å². The smallest absolute Gasteiger partial charge is 0.248 e. The Balaban J connectivity index is 2.12. The molecule has 0 radical (unpaired) electrons. The molecule has 0 spiro atoms. The van der Waals surface area contributed by atoms with Gasteiger partial charge in [-0.15, -0.1) is 5.10 Å². The first-order valence-corrected chi connectivity index (χ1v) is 6.81. The van der Waals surface area contributed by atoms with E-state index in [0.29, 0.717) is 17.8 Å². The van der Waals surface area contributed by atoms with Gasteiger partial charge < -0.3 is 11.5 Å². The van der Waals surface area contributed by atoms with Gasteiger partial charge in [-0.25, -0.2) is 4.68 Å². The summed E-state index contributed by atoms with van der Waals surface area (Å²) in [5.74, 6) is -0.462. The van der Waals surface area contributed by atoms with Gasteiger partial charge in [0.05, 0.1) is 11.4 Å². The number of rotatable bonds is 4. The summed E-state index contributed by atoms with van der Waals surface area (Å²) in [7, 11) is 0. The molecule has 1 heterocycles. The van der Waals surface area contributed by atoms with E-state index in [2.05, 4.69) is 10.3 Å². The monoisotopic (exact) mass is 293 g/mol. The van der Waals surface area contributed by atoms with E-state index in [9.17, 15) is 4.79 Å². The zero-order valence-corrected chi connectivity index (χ0v) is 11.8. The van der Waals surface area contributed by atoms with Crippen LogP contribution in [0.1, 0.15) is 16.1 Å². The molecular formula is C16H15N5O. The molecule has 0 aliphatic carbocycles. The van der Waals surface area contributed by atoms with Gasteiger partial charge in [0.1, 0.15) is 5.69 Å². The van der Waals surface area contributed by atoms with E-state index in [-0.39, 0.29) is 0 Å². The minimum atomic E-state index is -0.462. The maximum Gasteiger partial charge on any atom is 0.248 e. The Morgan fingerprint density at radius 3 is 2.32 bits per heavy atom. The molecule has 0 atom stereocenters. The molecule has 6 heteroatoms. The third-order valence-electron chi connectivity index (χ3n) is 3.38. The van der Waals surface area contributed by atoms with Crippen LogP contribution in [0.5, 0.6) is 0 Å². The molecule has 0 saturated carbocycles. The van der Waals surface area contributed by atoms with Gasteiger partial charge in [-0.1, -0.05) is 35.5 Å². The fraction of sp³-hybridized carbons (Fsp3) is 0.0625. The SMILES string of the molecule is NCc1nnn(-c2ccc(C(N)=O)cc2)c1-c1ccccc1. The first-order valence-electron chi connectivity index (χ1n) is 6.81. The molecule has 2 aromatic carbocycles. The second kappa shape index (κ2) is 5.79. The van der Waals surface area contributed by atoms with Crippen molar-refractivity contribution in [1.82, 2.24) is 15.0 Å². The van der Waals surface area contributed by atoms with Gasteiger partial charge in [-0.2, -0.15) is 0 Å². The predicted molar refractivity (Wildman–Crippen MR) is 83.2 cm³/mol. The molecule has 1 aromatic heterocycles. The van der Waals surface area contributed by atoms with Crippen LogP contribution in [0.3, 0.4) is 0 Å². The van der Waals surface area contributed by atoms with Crippen molar-refractivity contribution >= 4 is 5.91 Å². The lowest BCUT2D eigenvalue weighted by Crippen LogP contribution is -2.11. The highest BCUT2D eigenvalue weighted by Crippen LogP contribution is 2.24. The maximum atomic E-state index is 11.2. The Morgan fingerprint density at radius 2 is 1.73 bits per heavy atom. The molecule has 4 N–H and O–H groups in total. The van der Waals surface area contributed by atoms with Crippen molar-refractivity contribution in [2.45, 2.75) is 6.54 Å². The minimum absolute atomic E-state index is 0.295. The molecular weight excluding hydrogens is 278 g/mol. The molecule has 0 bridgehead atoms. The summed E-state index contributed by atoms with van der Waals surface area (Å²) < 4.78 is 1.71. The number of benzene rings is 2. The molecule has 0 saturated heterocycles. The second-order valence-corrected chi connectivity index (χ2v) is 4.78. The van der Waals surface area contributed by atoms with Gasteiger partial charge >= 0.3 is 0 Å². The maximum absolute atomic E-state index is 11.2. The molecule has 0 unspecified atom stereocenters. The highest BCUT2D eigenvalue weighted by Gasteiger charge is 2.15. The van der Waals surface area contributed by atoms with Gasteiger partial charge in [0.25, 0.3) is 0 Å². The number of carbonyl (C=O) groups excluding carboxylic acids is 1. The third-order valence-corrected chi connectivity index (χ3v) is 3.38. The Hall–Kier alpha value is -2.99. The lowest BCUT2D eigenvalue weighted by molar-refractivity contribution is 0.100. The summed E-state index contributed by atoms with van der Waals surface area (Å²) in [6.07, 6.45) is 0. The average Bonchev–Trinajstić information content (AvgIpc) is 2.99. The summed E-state index contributed by atoms with van der Waals surface area (Å²) in [5, 5.41) is 8.32. The molecule has 110 valence electrons. The van der Waals surface area contributed by atoms with E-state index in [1.807, 2.05) is 30.3 Å². The van der Waals surface area contributed by atoms with Crippen molar-refractivity contribution in [3.8, 4) is 16.9 Å². The van der Waals surface area contributed by atoms with E-state index in [0.717, 1.165) is 16.9 Å². The van der Waals surface area contributed by atoms with Crippen molar-refractivity contribution in [1.29, 1.82) is 0 Å². The summed E-state index contributed by atoms with van der Waals surface area (Å²) in [6.45, 7) is 0.295. The molecule has 0 fully saturated rings. The van der Waals surface area contributed by atoms with Crippen molar-refractivity contribution in [3.05, 3.63) is 65.9 Å². The predicted octanol–water partition coefficient (Wildman–Crippen LogP) is 1.49. The van der Waals surface area contributed by atoms with E-state index < -0.39 is 5.91 Å². The van der Waals surface area contributed by atoms with Crippen LogP contribution in [-0.2, 0) is 6.54 Å². The van der Waals surface area contributed by atoms with Crippen LogP contribution >= 0.6 is 0 Å². The van der Waals surface area contributed by atoms with Crippen LogP contribution in [0.4, 0.5) is 0 Å². The molecule has 0 aliphatic heterocycles. The highest BCUT2D eigenvalue weighted by molar-refractivity contribution is 5.92. The van der Waals surface area contributed by atoms with Crippen molar-refractivity contribution < 1.29 is 4.79 Å². The van der Waals surface area contributed by atoms with E-state index in [1.165, 1.54) is 0 Å². The van der Waals surface area contributed by atoms with Gasteiger partial charge in [0.2, 0.25) is 5.91 Å². The average molecular weight is 293 g/mol. The van der Waals surface area contributed by atoms with Crippen LogP contribution in [0.15, 0.2) is 54.6 Å². The van der Waals surface area contributed by atoms with Crippen LogP contribution in [0.25, 0.3) is 16.9 Å². The molecule has 22 heavy (non-hydrogen) atoms. The third kappa shape index (κ3) is 2.47. The summed E-state index contributed by atoms with van der Waals surface area (Å²) in [6, 6.07) is 16.7. The molecule has 3 rings (SSSR count). The fourth-order valence-corrected chi connectivity index (χ4v) is 2.28. The summed E-state index contributed by atoms with van der Waals surface area (Å²) in [5.41, 5.74) is 14.8.